The van der Waals surface area contributed by atoms with Crippen molar-refractivity contribution in [2.24, 2.45) is 5.92 Å². The summed E-state index contributed by atoms with van der Waals surface area (Å²) in [6.45, 7) is 0.882. The molecule has 1 aliphatic heterocycles. The van der Waals surface area contributed by atoms with E-state index in [4.69, 9.17) is 23.2 Å². The zero-order valence-corrected chi connectivity index (χ0v) is 15.1. The van der Waals surface area contributed by atoms with Crippen LogP contribution in [-0.4, -0.2) is 24.9 Å². The van der Waals surface area contributed by atoms with Crippen LogP contribution in [-0.2, 0) is 16.0 Å². The third kappa shape index (κ3) is 4.33. The van der Waals surface area contributed by atoms with Gasteiger partial charge in [-0.25, -0.2) is 0 Å². The number of hydrogen-bond donors (Lipinski definition) is 1. The molecular formula is C19H18Cl2N2O2. The number of para-hydroxylation sites is 1. The van der Waals surface area contributed by atoms with Crippen LogP contribution in [0.4, 0.5) is 5.69 Å². The van der Waals surface area contributed by atoms with Crippen LogP contribution in [0.25, 0.3) is 0 Å². The van der Waals surface area contributed by atoms with Crippen molar-refractivity contribution >= 4 is 40.7 Å². The van der Waals surface area contributed by atoms with Crippen molar-refractivity contribution in [2.75, 3.05) is 18.0 Å². The summed E-state index contributed by atoms with van der Waals surface area (Å²) in [5.74, 6) is -0.447. The van der Waals surface area contributed by atoms with Gasteiger partial charge in [-0.1, -0.05) is 47.5 Å². The molecule has 2 aromatic rings. The highest BCUT2D eigenvalue weighted by Gasteiger charge is 2.34. The smallest absolute Gasteiger partial charge is 0.227 e. The van der Waals surface area contributed by atoms with Crippen molar-refractivity contribution in [3.8, 4) is 0 Å². The van der Waals surface area contributed by atoms with E-state index in [0.717, 1.165) is 11.3 Å². The highest BCUT2D eigenvalue weighted by molar-refractivity contribution is 6.35. The van der Waals surface area contributed by atoms with Crippen molar-refractivity contribution in [2.45, 2.75) is 12.8 Å². The third-order valence-corrected chi connectivity index (χ3v) is 4.86. The number of carbonyl (C=O) groups is 2. The number of anilines is 1. The molecule has 1 atom stereocenters. The second-order valence-electron chi connectivity index (χ2n) is 6.02. The van der Waals surface area contributed by atoms with Crippen LogP contribution in [0, 0.1) is 5.92 Å². The summed E-state index contributed by atoms with van der Waals surface area (Å²) in [4.78, 5) is 26.2. The summed E-state index contributed by atoms with van der Waals surface area (Å²) >= 11 is 12.0. The van der Waals surface area contributed by atoms with Crippen LogP contribution in [0.2, 0.25) is 10.0 Å². The average Bonchev–Trinajstić information content (AvgIpc) is 2.99. The van der Waals surface area contributed by atoms with Crippen molar-refractivity contribution in [3.05, 3.63) is 64.1 Å². The number of halogens is 2. The Balaban J connectivity index is 1.53. The standard InChI is InChI=1S/C19H18Cl2N2O2/c20-15-7-6-13(17(21)11-15)8-9-22-19(25)14-10-18(24)23(12-14)16-4-2-1-3-5-16/h1-7,11,14H,8-10,12H2,(H,22,25). The first-order valence-corrected chi connectivity index (χ1v) is 8.87. The normalized spacial score (nSPS) is 17.0. The number of nitrogens with zero attached hydrogens (tertiary/aromatic N) is 1. The maximum atomic E-state index is 12.4. The van der Waals surface area contributed by atoms with Crippen LogP contribution in [0.5, 0.6) is 0 Å². The van der Waals surface area contributed by atoms with E-state index in [1.54, 1.807) is 17.0 Å². The summed E-state index contributed by atoms with van der Waals surface area (Å²) in [7, 11) is 0. The molecular weight excluding hydrogens is 359 g/mol. The van der Waals surface area contributed by atoms with E-state index in [2.05, 4.69) is 5.32 Å². The maximum absolute atomic E-state index is 12.4. The molecule has 0 radical (unpaired) electrons. The number of benzene rings is 2. The van der Waals surface area contributed by atoms with Gasteiger partial charge < -0.3 is 10.2 Å². The lowest BCUT2D eigenvalue weighted by Gasteiger charge is -2.16. The van der Waals surface area contributed by atoms with Gasteiger partial charge in [0.05, 0.1) is 5.92 Å². The van der Waals surface area contributed by atoms with Gasteiger partial charge in [-0.15, -0.1) is 0 Å². The number of nitrogens with one attached hydrogen (secondary N) is 1. The molecule has 130 valence electrons. The second-order valence-corrected chi connectivity index (χ2v) is 6.86. The van der Waals surface area contributed by atoms with Crippen LogP contribution in [0.1, 0.15) is 12.0 Å². The Morgan fingerprint density at radius 1 is 1.16 bits per heavy atom. The lowest BCUT2D eigenvalue weighted by Crippen LogP contribution is -2.34. The van der Waals surface area contributed by atoms with Crippen LogP contribution < -0.4 is 10.2 Å². The van der Waals surface area contributed by atoms with Crippen molar-refractivity contribution in [1.29, 1.82) is 0 Å². The minimum absolute atomic E-state index is 0.0212. The minimum atomic E-state index is -0.326. The Morgan fingerprint density at radius 2 is 1.92 bits per heavy atom. The molecule has 2 amide bonds. The maximum Gasteiger partial charge on any atom is 0.227 e. The highest BCUT2D eigenvalue weighted by Crippen LogP contribution is 2.25. The molecule has 1 N–H and O–H groups in total. The summed E-state index contributed by atoms with van der Waals surface area (Å²) in [6.07, 6.45) is 0.854. The van der Waals surface area contributed by atoms with E-state index in [1.807, 2.05) is 36.4 Å². The Labute approximate surface area is 156 Å². The fraction of sp³-hybridized carbons (Fsp3) is 0.263. The molecule has 6 heteroatoms. The molecule has 2 aromatic carbocycles. The first-order valence-electron chi connectivity index (χ1n) is 8.11. The molecule has 0 spiro atoms. The molecule has 0 saturated carbocycles. The van der Waals surface area contributed by atoms with E-state index in [-0.39, 0.29) is 24.2 Å². The second kappa shape index (κ2) is 7.89. The molecule has 0 bridgehead atoms. The molecule has 1 unspecified atom stereocenters. The van der Waals surface area contributed by atoms with Gasteiger partial charge >= 0.3 is 0 Å². The lowest BCUT2D eigenvalue weighted by atomic mass is 10.1. The first kappa shape index (κ1) is 17.8. The van der Waals surface area contributed by atoms with Crippen molar-refractivity contribution in [3.63, 3.8) is 0 Å². The Hall–Kier alpha value is -2.04. The third-order valence-electron chi connectivity index (χ3n) is 4.27. The van der Waals surface area contributed by atoms with Gasteiger partial charge in [-0.05, 0) is 36.2 Å². The van der Waals surface area contributed by atoms with Gasteiger partial charge in [-0.3, -0.25) is 9.59 Å². The molecule has 1 fully saturated rings. The summed E-state index contributed by atoms with van der Waals surface area (Å²) < 4.78 is 0. The van der Waals surface area contributed by atoms with Gasteiger partial charge in [0.25, 0.3) is 0 Å². The van der Waals surface area contributed by atoms with E-state index in [9.17, 15) is 9.59 Å². The van der Waals surface area contributed by atoms with E-state index in [1.165, 1.54) is 0 Å². The number of rotatable bonds is 5. The Morgan fingerprint density at radius 3 is 2.64 bits per heavy atom. The van der Waals surface area contributed by atoms with E-state index < -0.39 is 0 Å². The molecule has 25 heavy (non-hydrogen) atoms. The lowest BCUT2D eigenvalue weighted by molar-refractivity contribution is -0.126. The molecule has 3 rings (SSSR count). The van der Waals surface area contributed by atoms with Crippen molar-refractivity contribution in [1.82, 2.24) is 5.32 Å². The Bertz CT molecular complexity index is 780. The highest BCUT2D eigenvalue weighted by atomic mass is 35.5. The van der Waals surface area contributed by atoms with Crippen LogP contribution in [0.3, 0.4) is 0 Å². The number of amides is 2. The van der Waals surface area contributed by atoms with Gasteiger partial charge in [0.2, 0.25) is 11.8 Å². The number of carbonyl (C=O) groups excluding carboxylic acids is 2. The summed E-state index contributed by atoms with van der Waals surface area (Å²) in [5, 5.41) is 4.08. The largest absolute Gasteiger partial charge is 0.355 e. The van der Waals surface area contributed by atoms with Gasteiger partial charge in [-0.2, -0.15) is 0 Å². The average molecular weight is 377 g/mol. The molecule has 0 aromatic heterocycles. The zero-order chi connectivity index (χ0) is 17.8. The molecule has 4 nitrogen and oxygen atoms in total. The van der Waals surface area contributed by atoms with Crippen LogP contribution in [0.15, 0.2) is 48.5 Å². The van der Waals surface area contributed by atoms with E-state index >= 15 is 0 Å². The predicted molar refractivity (Wildman–Crippen MR) is 100 cm³/mol. The minimum Gasteiger partial charge on any atom is -0.355 e. The monoisotopic (exact) mass is 376 g/mol. The van der Waals surface area contributed by atoms with Gasteiger partial charge in [0.1, 0.15) is 0 Å². The molecule has 1 heterocycles. The predicted octanol–water partition coefficient (Wildman–Crippen LogP) is 3.71. The first-order chi connectivity index (χ1) is 12.0. The Kier molecular flexibility index (Phi) is 5.61. The number of hydrogen-bond acceptors (Lipinski definition) is 2. The van der Waals surface area contributed by atoms with E-state index in [0.29, 0.717) is 29.6 Å². The fourth-order valence-corrected chi connectivity index (χ4v) is 3.43. The summed E-state index contributed by atoms with van der Waals surface area (Å²) in [5.41, 5.74) is 1.76. The van der Waals surface area contributed by atoms with Gasteiger partial charge in [0, 0.05) is 35.2 Å². The SMILES string of the molecule is O=C(NCCc1ccc(Cl)cc1Cl)C1CC(=O)N(c2ccccc2)C1. The molecule has 1 saturated heterocycles. The summed E-state index contributed by atoms with van der Waals surface area (Å²) in [6, 6.07) is 14.7. The molecule has 0 aliphatic carbocycles. The van der Waals surface area contributed by atoms with Crippen LogP contribution >= 0.6 is 23.2 Å². The quantitative estimate of drug-likeness (QED) is 0.864. The topological polar surface area (TPSA) is 49.4 Å². The zero-order valence-electron chi connectivity index (χ0n) is 13.5. The van der Waals surface area contributed by atoms with Crippen molar-refractivity contribution < 1.29 is 9.59 Å². The fourth-order valence-electron chi connectivity index (χ4n) is 2.93. The van der Waals surface area contributed by atoms with Gasteiger partial charge in [0.15, 0.2) is 0 Å². The molecule has 1 aliphatic rings.